The molecule has 1 aliphatic carbocycles. The third-order valence-corrected chi connectivity index (χ3v) is 7.23. The number of alkyl halides is 3. The van der Waals surface area contributed by atoms with Gasteiger partial charge in [0.2, 0.25) is 5.91 Å². The molecule has 0 fully saturated rings. The lowest BCUT2D eigenvalue weighted by Gasteiger charge is -2.12. The number of amides is 2. The van der Waals surface area contributed by atoms with Crippen LogP contribution in [0.5, 0.6) is 0 Å². The first kappa shape index (κ1) is 25.6. The Bertz CT molecular complexity index is 1390. The highest BCUT2D eigenvalue weighted by molar-refractivity contribution is 7.20. The number of anilines is 1. The second kappa shape index (κ2) is 10.7. The van der Waals surface area contributed by atoms with Crippen molar-refractivity contribution in [3.8, 4) is 0 Å². The number of hydrogen-bond donors (Lipinski definition) is 2. The third kappa shape index (κ3) is 5.84. The van der Waals surface area contributed by atoms with Crippen molar-refractivity contribution in [2.45, 2.75) is 51.7 Å². The number of carbonyl (C=O) groups excluding carboxylic acids is 2. The molecule has 0 aliphatic heterocycles. The van der Waals surface area contributed by atoms with Crippen LogP contribution in [0.4, 0.5) is 18.9 Å². The summed E-state index contributed by atoms with van der Waals surface area (Å²) in [5.74, 6) is -0.958. The molecule has 2 N–H and O–H groups in total. The second-order valence-electron chi connectivity index (χ2n) is 8.65. The summed E-state index contributed by atoms with van der Waals surface area (Å²) in [5.41, 5.74) is 0.402. The van der Waals surface area contributed by atoms with Crippen LogP contribution in [0.1, 0.15) is 52.9 Å². The first-order valence-electron chi connectivity index (χ1n) is 11.5. The topological polar surface area (TPSA) is 93.1 Å². The van der Waals surface area contributed by atoms with Crippen molar-refractivity contribution < 1.29 is 22.8 Å². The fourth-order valence-corrected chi connectivity index (χ4v) is 5.22. The van der Waals surface area contributed by atoms with E-state index in [0.717, 1.165) is 47.3 Å². The number of thiophene rings is 1. The summed E-state index contributed by atoms with van der Waals surface area (Å²) in [7, 11) is 0. The third-order valence-electron chi connectivity index (χ3n) is 6.03. The number of nitrogens with zero attached hydrogens (tertiary/aromatic N) is 2. The highest BCUT2D eigenvalue weighted by Gasteiger charge is 2.30. The molecule has 1 aliphatic rings. The minimum Gasteiger partial charge on any atom is -0.351 e. The standard InChI is InChI=1S/C25H25F3N4O3S/c1-15-20-23(36-21(15)22(34)29-11-10-16-6-3-2-4-7-16)30-14-32(24(20)35)13-19(33)31-18-9-5-8-17(12-18)25(26,27)28/h5-6,8-9,12,14H,2-4,7,10-11,13H2,1H3,(H,29,34)(H,31,33). The van der Waals surface area contributed by atoms with Gasteiger partial charge in [-0.1, -0.05) is 17.7 Å². The molecule has 190 valence electrons. The van der Waals surface area contributed by atoms with Gasteiger partial charge in [0.25, 0.3) is 11.5 Å². The predicted molar refractivity (Wildman–Crippen MR) is 132 cm³/mol. The number of fused-ring (bicyclic) bond motifs is 1. The Morgan fingerprint density at radius 2 is 2.03 bits per heavy atom. The highest BCUT2D eigenvalue weighted by Crippen LogP contribution is 2.31. The number of hydrogen-bond acceptors (Lipinski definition) is 5. The van der Waals surface area contributed by atoms with Crippen LogP contribution in [0, 0.1) is 6.92 Å². The van der Waals surface area contributed by atoms with E-state index in [1.165, 1.54) is 36.9 Å². The molecule has 11 heteroatoms. The number of rotatable bonds is 7. The zero-order chi connectivity index (χ0) is 25.9. The first-order chi connectivity index (χ1) is 17.1. The van der Waals surface area contributed by atoms with Gasteiger partial charge in [0.05, 0.1) is 22.2 Å². The lowest BCUT2D eigenvalue weighted by Crippen LogP contribution is -2.28. The maximum absolute atomic E-state index is 13.0. The second-order valence-corrected chi connectivity index (χ2v) is 9.65. The van der Waals surface area contributed by atoms with Gasteiger partial charge < -0.3 is 10.6 Å². The number of aryl methyl sites for hydroxylation is 1. The normalized spacial score (nSPS) is 13.9. The van der Waals surface area contributed by atoms with Crippen molar-refractivity contribution in [1.82, 2.24) is 14.9 Å². The quantitative estimate of drug-likeness (QED) is 0.429. The molecule has 1 aromatic carbocycles. The van der Waals surface area contributed by atoms with E-state index < -0.39 is 29.8 Å². The fourth-order valence-electron chi connectivity index (χ4n) is 4.17. The maximum atomic E-state index is 13.0. The van der Waals surface area contributed by atoms with Crippen LogP contribution in [-0.2, 0) is 17.5 Å². The Morgan fingerprint density at radius 3 is 2.75 bits per heavy atom. The van der Waals surface area contributed by atoms with Gasteiger partial charge in [0, 0.05) is 12.2 Å². The van der Waals surface area contributed by atoms with Crippen LogP contribution >= 0.6 is 11.3 Å². The van der Waals surface area contributed by atoms with Gasteiger partial charge in [-0.05, 0) is 62.8 Å². The van der Waals surface area contributed by atoms with Crippen LogP contribution in [0.3, 0.4) is 0 Å². The lowest BCUT2D eigenvalue weighted by atomic mass is 9.97. The monoisotopic (exact) mass is 518 g/mol. The number of halogens is 3. The van der Waals surface area contributed by atoms with Crippen LogP contribution in [0.2, 0.25) is 0 Å². The number of benzene rings is 1. The molecular formula is C25H25F3N4O3S. The Labute approximate surface area is 209 Å². The van der Waals surface area contributed by atoms with E-state index in [0.29, 0.717) is 21.8 Å². The highest BCUT2D eigenvalue weighted by atomic mass is 32.1. The van der Waals surface area contributed by atoms with E-state index in [-0.39, 0.29) is 17.0 Å². The van der Waals surface area contributed by atoms with Crippen LogP contribution < -0.4 is 16.2 Å². The smallest absolute Gasteiger partial charge is 0.351 e. The molecule has 0 spiro atoms. The van der Waals surface area contributed by atoms with Crippen molar-refractivity contribution in [2.75, 3.05) is 11.9 Å². The maximum Gasteiger partial charge on any atom is 0.416 e. The predicted octanol–water partition coefficient (Wildman–Crippen LogP) is 5.04. The molecule has 0 saturated heterocycles. The molecular weight excluding hydrogens is 493 g/mol. The average Bonchev–Trinajstić information content (AvgIpc) is 3.18. The van der Waals surface area contributed by atoms with Gasteiger partial charge in [-0.25, -0.2) is 4.98 Å². The van der Waals surface area contributed by atoms with E-state index in [1.807, 2.05) is 0 Å². The summed E-state index contributed by atoms with van der Waals surface area (Å²) in [6, 6.07) is 4.24. The van der Waals surface area contributed by atoms with Gasteiger partial charge in [-0.2, -0.15) is 13.2 Å². The number of aromatic nitrogens is 2. The Hall–Kier alpha value is -3.47. The van der Waals surface area contributed by atoms with Gasteiger partial charge in [-0.3, -0.25) is 19.0 Å². The van der Waals surface area contributed by atoms with Crippen LogP contribution in [-0.4, -0.2) is 27.9 Å². The molecule has 0 saturated carbocycles. The average molecular weight is 519 g/mol. The van der Waals surface area contributed by atoms with Gasteiger partial charge >= 0.3 is 6.18 Å². The minimum absolute atomic E-state index is 0.0356. The summed E-state index contributed by atoms with van der Waals surface area (Å²) in [4.78, 5) is 43.2. The van der Waals surface area contributed by atoms with Crippen LogP contribution in [0.25, 0.3) is 10.2 Å². The van der Waals surface area contributed by atoms with E-state index in [1.54, 1.807) is 6.92 Å². The Balaban J connectivity index is 1.46. The Morgan fingerprint density at radius 1 is 1.22 bits per heavy atom. The van der Waals surface area contributed by atoms with Crippen LogP contribution in [0.15, 0.2) is 47.0 Å². The van der Waals surface area contributed by atoms with Crippen molar-refractivity contribution >= 4 is 39.1 Å². The summed E-state index contributed by atoms with van der Waals surface area (Å²) < 4.78 is 39.8. The summed E-state index contributed by atoms with van der Waals surface area (Å²) in [6.07, 6.45) is 4.19. The molecule has 0 bridgehead atoms. The number of allylic oxidation sites excluding steroid dienone is 1. The number of nitrogens with one attached hydrogen (secondary N) is 2. The molecule has 0 unspecified atom stereocenters. The molecule has 3 aromatic rings. The van der Waals surface area contributed by atoms with Crippen molar-refractivity contribution in [3.05, 3.63) is 68.6 Å². The minimum atomic E-state index is -4.54. The molecule has 7 nitrogen and oxygen atoms in total. The largest absolute Gasteiger partial charge is 0.416 e. The molecule has 2 heterocycles. The molecule has 2 aromatic heterocycles. The molecule has 4 rings (SSSR count). The van der Waals surface area contributed by atoms with Crippen molar-refractivity contribution in [2.24, 2.45) is 0 Å². The molecule has 36 heavy (non-hydrogen) atoms. The summed E-state index contributed by atoms with van der Waals surface area (Å²) >= 11 is 1.11. The van der Waals surface area contributed by atoms with E-state index in [9.17, 15) is 27.6 Å². The van der Waals surface area contributed by atoms with Gasteiger partial charge in [-0.15, -0.1) is 11.3 Å². The van der Waals surface area contributed by atoms with Gasteiger partial charge in [0.1, 0.15) is 11.4 Å². The SMILES string of the molecule is Cc1c(C(=O)NCCC2=CCCCC2)sc2ncn(CC(=O)Nc3cccc(C(F)(F)F)c3)c(=O)c12. The molecule has 0 radical (unpaired) electrons. The Kier molecular flexibility index (Phi) is 7.58. The van der Waals surface area contributed by atoms with Gasteiger partial charge in [0.15, 0.2) is 0 Å². The van der Waals surface area contributed by atoms with E-state index in [2.05, 4.69) is 21.7 Å². The fraction of sp³-hybridized carbons (Fsp3) is 0.360. The lowest BCUT2D eigenvalue weighted by molar-refractivity contribution is -0.137. The van der Waals surface area contributed by atoms with E-state index >= 15 is 0 Å². The van der Waals surface area contributed by atoms with Crippen molar-refractivity contribution in [3.63, 3.8) is 0 Å². The summed E-state index contributed by atoms with van der Waals surface area (Å²) in [5, 5.41) is 5.53. The number of carbonyl (C=O) groups is 2. The molecule has 0 atom stereocenters. The molecule has 2 amide bonds. The zero-order valence-electron chi connectivity index (χ0n) is 19.6. The van der Waals surface area contributed by atoms with Crippen molar-refractivity contribution in [1.29, 1.82) is 0 Å². The summed E-state index contributed by atoms with van der Waals surface area (Å²) in [6.45, 7) is 1.73. The van der Waals surface area contributed by atoms with E-state index in [4.69, 9.17) is 0 Å². The first-order valence-corrected chi connectivity index (χ1v) is 12.4. The zero-order valence-corrected chi connectivity index (χ0v) is 20.4.